The van der Waals surface area contributed by atoms with Crippen molar-refractivity contribution in [3.05, 3.63) is 28.8 Å². The van der Waals surface area contributed by atoms with Gasteiger partial charge in [-0.15, -0.1) is 0 Å². The molecular weight excluding hydrogens is 198 g/mol. The van der Waals surface area contributed by atoms with Crippen LogP contribution in [0.25, 0.3) is 0 Å². The van der Waals surface area contributed by atoms with E-state index < -0.39 is 0 Å². The summed E-state index contributed by atoms with van der Waals surface area (Å²) in [5, 5.41) is 0. The minimum absolute atomic E-state index is 0.105. The maximum atomic E-state index is 6.24. The van der Waals surface area contributed by atoms with Crippen molar-refractivity contribution in [3.63, 3.8) is 0 Å². The summed E-state index contributed by atoms with van der Waals surface area (Å²) >= 11 is 0. The monoisotopic (exact) mass is 219 g/mol. The molecule has 2 rings (SSSR count). The lowest BCUT2D eigenvalue weighted by Gasteiger charge is -2.39. The third-order valence-electron chi connectivity index (χ3n) is 3.85. The lowest BCUT2D eigenvalue weighted by molar-refractivity contribution is 0.0494. The number of nitrogens with two attached hydrogens (primary N) is 1. The normalized spacial score (nSPS) is 28.4. The van der Waals surface area contributed by atoms with Crippen LogP contribution in [-0.4, -0.2) is 5.60 Å². The van der Waals surface area contributed by atoms with Gasteiger partial charge in [0.2, 0.25) is 0 Å². The molecule has 2 atom stereocenters. The molecular formula is C14H21NO. The second-order valence-electron chi connectivity index (χ2n) is 5.14. The van der Waals surface area contributed by atoms with E-state index in [0.29, 0.717) is 0 Å². The molecule has 1 aromatic rings. The molecule has 2 unspecified atom stereocenters. The molecule has 16 heavy (non-hydrogen) atoms. The second-order valence-corrected chi connectivity index (χ2v) is 5.14. The number of hydrogen-bond donors (Lipinski definition) is 1. The zero-order chi connectivity index (χ0) is 11.9. The number of rotatable bonds is 1. The Kier molecular flexibility index (Phi) is 2.70. The molecule has 0 aliphatic carbocycles. The second kappa shape index (κ2) is 3.77. The van der Waals surface area contributed by atoms with Gasteiger partial charge in [0.05, 0.1) is 0 Å². The van der Waals surface area contributed by atoms with Crippen molar-refractivity contribution in [1.29, 1.82) is 0 Å². The summed E-state index contributed by atoms with van der Waals surface area (Å²) in [5.74, 6) is 1.02. The minimum atomic E-state index is -0.106. The maximum absolute atomic E-state index is 6.24. The van der Waals surface area contributed by atoms with E-state index in [9.17, 15) is 0 Å². The average Bonchev–Trinajstić information content (AvgIpc) is 2.24. The van der Waals surface area contributed by atoms with Crippen LogP contribution in [0.15, 0.2) is 12.1 Å². The Bertz CT molecular complexity index is 413. The van der Waals surface area contributed by atoms with Gasteiger partial charge in [0, 0.05) is 18.0 Å². The first kappa shape index (κ1) is 11.5. The molecule has 0 saturated carbocycles. The standard InChI is InChI=1S/C14H21NO/c1-5-14(4)8-12(15)11-7-6-9(2)10(3)13(11)16-14/h6-7,12H,5,8,15H2,1-4H3. The van der Waals surface area contributed by atoms with E-state index in [4.69, 9.17) is 10.5 Å². The van der Waals surface area contributed by atoms with Crippen molar-refractivity contribution < 1.29 is 4.74 Å². The van der Waals surface area contributed by atoms with E-state index in [0.717, 1.165) is 24.2 Å². The van der Waals surface area contributed by atoms with Crippen LogP contribution < -0.4 is 10.5 Å². The summed E-state index contributed by atoms with van der Waals surface area (Å²) < 4.78 is 6.17. The van der Waals surface area contributed by atoms with Gasteiger partial charge in [0.15, 0.2) is 0 Å². The number of aryl methyl sites for hydroxylation is 1. The van der Waals surface area contributed by atoms with E-state index in [1.807, 2.05) is 0 Å². The zero-order valence-electron chi connectivity index (χ0n) is 10.6. The van der Waals surface area contributed by atoms with Crippen molar-refractivity contribution in [2.75, 3.05) is 0 Å². The average molecular weight is 219 g/mol. The van der Waals surface area contributed by atoms with Gasteiger partial charge >= 0.3 is 0 Å². The first-order chi connectivity index (χ1) is 7.47. The molecule has 0 spiro atoms. The van der Waals surface area contributed by atoms with Crippen molar-refractivity contribution in [2.24, 2.45) is 5.73 Å². The van der Waals surface area contributed by atoms with E-state index in [2.05, 4.69) is 39.8 Å². The van der Waals surface area contributed by atoms with E-state index in [1.165, 1.54) is 11.1 Å². The van der Waals surface area contributed by atoms with Gasteiger partial charge < -0.3 is 10.5 Å². The van der Waals surface area contributed by atoms with Crippen LogP contribution in [0.1, 0.15) is 49.4 Å². The lowest BCUT2D eigenvalue weighted by atomic mass is 9.85. The Morgan fingerprint density at radius 1 is 1.44 bits per heavy atom. The highest BCUT2D eigenvalue weighted by Gasteiger charge is 2.35. The van der Waals surface area contributed by atoms with Crippen LogP contribution in [0.2, 0.25) is 0 Å². The Hall–Kier alpha value is -1.02. The first-order valence-electron chi connectivity index (χ1n) is 6.01. The molecule has 88 valence electrons. The molecule has 0 saturated heterocycles. The Morgan fingerprint density at radius 2 is 2.12 bits per heavy atom. The fourth-order valence-electron chi connectivity index (χ4n) is 2.32. The number of ether oxygens (including phenoxy) is 1. The Morgan fingerprint density at radius 3 is 2.75 bits per heavy atom. The van der Waals surface area contributed by atoms with Crippen LogP contribution in [0.4, 0.5) is 0 Å². The van der Waals surface area contributed by atoms with Crippen molar-refractivity contribution >= 4 is 0 Å². The Balaban J connectivity index is 2.51. The summed E-state index contributed by atoms with van der Waals surface area (Å²) in [5.41, 5.74) is 9.79. The third kappa shape index (κ3) is 1.71. The van der Waals surface area contributed by atoms with Gasteiger partial charge in [0.1, 0.15) is 11.4 Å². The number of hydrogen-bond acceptors (Lipinski definition) is 2. The minimum Gasteiger partial charge on any atom is -0.487 e. The van der Waals surface area contributed by atoms with Crippen molar-refractivity contribution in [3.8, 4) is 5.75 Å². The largest absolute Gasteiger partial charge is 0.487 e. The van der Waals surface area contributed by atoms with Crippen LogP contribution in [-0.2, 0) is 0 Å². The molecule has 1 heterocycles. The quantitative estimate of drug-likeness (QED) is 0.787. The lowest BCUT2D eigenvalue weighted by Crippen LogP contribution is -2.40. The van der Waals surface area contributed by atoms with Crippen LogP contribution in [0.3, 0.4) is 0 Å². The predicted octanol–water partition coefficient (Wildman–Crippen LogP) is 3.25. The molecule has 2 nitrogen and oxygen atoms in total. The van der Waals surface area contributed by atoms with Gasteiger partial charge in [-0.25, -0.2) is 0 Å². The van der Waals surface area contributed by atoms with E-state index in [1.54, 1.807) is 0 Å². The summed E-state index contributed by atoms with van der Waals surface area (Å²) in [4.78, 5) is 0. The van der Waals surface area contributed by atoms with Crippen LogP contribution in [0.5, 0.6) is 5.75 Å². The molecule has 0 amide bonds. The summed E-state index contributed by atoms with van der Waals surface area (Å²) in [7, 11) is 0. The fraction of sp³-hybridized carbons (Fsp3) is 0.571. The fourth-order valence-corrected chi connectivity index (χ4v) is 2.32. The highest BCUT2D eigenvalue weighted by molar-refractivity contribution is 5.48. The molecule has 2 N–H and O–H groups in total. The van der Waals surface area contributed by atoms with Crippen molar-refractivity contribution in [2.45, 2.75) is 52.2 Å². The summed E-state index contributed by atoms with van der Waals surface area (Å²) in [6.45, 7) is 8.53. The summed E-state index contributed by atoms with van der Waals surface area (Å²) in [6.07, 6.45) is 1.90. The molecule has 1 aliphatic heterocycles. The molecule has 0 radical (unpaired) electrons. The molecule has 1 aliphatic rings. The van der Waals surface area contributed by atoms with E-state index >= 15 is 0 Å². The molecule has 0 aromatic heterocycles. The molecule has 1 aromatic carbocycles. The van der Waals surface area contributed by atoms with Gasteiger partial charge in [-0.05, 0) is 38.3 Å². The first-order valence-corrected chi connectivity index (χ1v) is 6.01. The van der Waals surface area contributed by atoms with Gasteiger partial charge in [-0.1, -0.05) is 19.1 Å². The van der Waals surface area contributed by atoms with Crippen molar-refractivity contribution in [1.82, 2.24) is 0 Å². The zero-order valence-corrected chi connectivity index (χ0v) is 10.6. The molecule has 0 fully saturated rings. The Labute approximate surface area is 97.8 Å². The molecule has 2 heteroatoms. The topological polar surface area (TPSA) is 35.2 Å². The maximum Gasteiger partial charge on any atom is 0.128 e. The predicted molar refractivity (Wildman–Crippen MR) is 66.8 cm³/mol. The number of benzene rings is 1. The van der Waals surface area contributed by atoms with Crippen LogP contribution >= 0.6 is 0 Å². The third-order valence-corrected chi connectivity index (χ3v) is 3.85. The van der Waals surface area contributed by atoms with Gasteiger partial charge in [0.25, 0.3) is 0 Å². The van der Waals surface area contributed by atoms with E-state index in [-0.39, 0.29) is 11.6 Å². The van der Waals surface area contributed by atoms with Gasteiger partial charge in [-0.2, -0.15) is 0 Å². The SMILES string of the molecule is CCC1(C)CC(N)c2ccc(C)c(C)c2O1. The smallest absolute Gasteiger partial charge is 0.128 e. The number of fused-ring (bicyclic) bond motifs is 1. The van der Waals surface area contributed by atoms with Crippen LogP contribution in [0, 0.1) is 13.8 Å². The summed E-state index contributed by atoms with van der Waals surface area (Å²) in [6, 6.07) is 4.34. The molecule has 0 bridgehead atoms. The highest BCUT2D eigenvalue weighted by atomic mass is 16.5. The highest BCUT2D eigenvalue weighted by Crippen LogP contribution is 2.42. The van der Waals surface area contributed by atoms with Gasteiger partial charge in [-0.3, -0.25) is 0 Å².